The molecule has 0 bridgehead atoms. The molecule has 0 saturated heterocycles. The number of hydrogen-bond acceptors (Lipinski definition) is 4. The molecule has 0 fully saturated rings. The van der Waals surface area contributed by atoms with Crippen molar-refractivity contribution < 1.29 is 19.1 Å². The van der Waals surface area contributed by atoms with Gasteiger partial charge in [0.2, 0.25) is 5.91 Å². The molecular weight excluding hydrogens is 388 g/mol. The van der Waals surface area contributed by atoms with Crippen LogP contribution >= 0.6 is 15.9 Å². The minimum absolute atomic E-state index is 0.0874. The Morgan fingerprint density at radius 2 is 1.80 bits per heavy atom. The van der Waals surface area contributed by atoms with E-state index < -0.39 is 0 Å². The molecule has 2 aromatic carbocycles. The van der Waals surface area contributed by atoms with Gasteiger partial charge in [-0.05, 0) is 35.9 Å². The van der Waals surface area contributed by atoms with Crippen molar-refractivity contribution >= 4 is 27.7 Å². The van der Waals surface area contributed by atoms with E-state index in [2.05, 4.69) is 26.6 Å². The topological polar surface area (TPSA) is 76.7 Å². The first kappa shape index (κ1) is 17.3. The first-order chi connectivity index (χ1) is 12.1. The van der Waals surface area contributed by atoms with Crippen molar-refractivity contribution in [3.8, 4) is 11.5 Å². The van der Waals surface area contributed by atoms with Gasteiger partial charge in [0, 0.05) is 16.6 Å². The maximum atomic E-state index is 12.0. The molecule has 1 heterocycles. The van der Waals surface area contributed by atoms with Crippen LogP contribution in [0.4, 0.5) is 0 Å². The summed E-state index contributed by atoms with van der Waals surface area (Å²) in [7, 11) is 0. The van der Waals surface area contributed by atoms with Crippen LogP contribution in [-0.4, -0.2) is 31.6 Å². The fraction of sp³-hybridized carbons (Fsp3) is 0.222. The van der Waals surface area contributed by atoms with Crippen LogP contribution in [0.15, 0.2) is 46.9 Å². The van der Waals surface area contributed by atoms with E-state index in [1.807, 2.05) is 24.3 Å². The van der Waals surface area contributed by atoms with E-state index in [0.29, 0.717) is 36.8 Å². The Hall–Kier alpha value is -2.54. The van der Waals surface area contributed by atoms with Crippen LogP contribution in [0.1, 0.15) is 15.9 Å². The zero-order valence-electron chi connectivity index (χ0n) is 13.4. The van der Waals surface area contributed by atoms with Gasteiger partial charge in [-0.15, -0.1) is 0 Å². The van der Waals surface area contributed by atoms with Crippen LogP contribution in [0.2, 0.25) is 0 Å². The zero-order valence-corrected chi connectivity index (χ0v) is 15.0. The lowest BCUT2D eigenvalue weighted by Crippen LogP contribution is -2.36. The Kier molecular flexibility index (Phi) is 5.55. The number of carbonyl (C=O) groups is 2. The summed E-state index contributed by atoms with van der Waals surface area (Å²) in [6.45, 7) is 1.32. The quantitative estimate of drug-likeness (QED) is 0.801. The van der Waals surface area contributed by atoms with E-state index in [1.165, 1.54) is 0 Å². The standard InChI is InChI=1S/C18H17BrN2O4/c19-14-3-1-2-13(9-14)18(23)21-11-17(22)20-10-12-4-5-15-16(8-12)25-7-6-24-15/h1-5,8-9H,6-7,10-11H2,(H,20,22)(H,21,23). The first-order valence-electron chi connectivity index (χ1n) is 7.81. The molecule has 0 atom stereocenters. The monoisotopic (exact) mass is 404 g/mol. The largest absolute Gasteiger partial charge is 0.486 e. The van der Waals surface area contributed by atoms with E-state index in [-0.39, 0.29) is 18.4 Å². The van der Waals surface area contributed by atoms with Crippen molar-refractivity contribution in [1.82, 2.24) is 10.6 Å². The molecule has 0 aromatic heterocycles. The van der Waals surface area contributed by atoms with Gasteiger partial charge in [-0.25, -0.2) is 0 Å². The molecule has 3 rings (SSSR count). The Bertz CT molecular complexity index is 794. The molecular formula is C18H17BrN2O4. The lowest BCUT2D eigenvalue weighted by atomic mass is 10.2. The van der Waals surface area contributed by atoms with Crippen molar-refractivity contribution in [2.75, 3.05) is 19.8 Å². The van der Waals surface area contributed by atoms with E-state index >= 15 is 0 Å². The normalized spacial score (nSPS) is 12.4. The van der Waals surface area contributed by atoms with E-state index in [9.17, 15) is 9.59 Å². The fourth-order valence-corrected chi connectivity index (χ4v) is 2.75. The van der Waals surface area contributed by atoms with Crippen LogP contribution in [0.25, 0.3) is 0 Å². The maximum Gasteiger partial charge on any atom is 0.251 e. The molecule has 0 unspecified atom stereocenters. The lowest BCUT2D eigenvalue weighted by Gasteiger charge is -2.19. The average molecular weight is 405 g/mol. The van der Waals surface area contributed by atoms with E-state index in [0.717, 1.165) is 10.0 Å². The number of benzene rings is 2. The zero-order chi connectivity index (χ0) is 17.6. The molecule has 0 spiro atoms. The summed E-state index contributed by atoms with van der Waals surface area (Å²) < 4.78 is 11.8. The molecule has 7 heteroatoms. The predicted octanol–water partition coefficient (Wildman–Crippen LogP) is 2.27. The van der Waals surface area contributed by atoms with Gasteiger partial charge in [-0.1, -0.05) is 28.1 Å². The highest BCUT2D eigenvalue weighted by atomic mass is 79.9. The molecule has 0 saturated carbocycles. The first-order valence-corrected chi connectivity index (χ1v) is 8.60. The maximum absolute atomic E-state index is 12.0. The Labute approximate surface area is 153 Å². The van der Waals surface area contributed by atoms with Crippen molar-refractivity contribution in [2.24, 2.45) is 0 Å². The SMILES string of the molecule is O=C(CNC(=O)c1cccc(Br)c1)NCc1ccc2c(c1)OCCO2. The second-order valence-electron chi connectivity index (χ2n) is 5.45. The van der Waals surface area contributed by atoms with Crippen molar-refractivity contribution in [3.05, 3.63) is 58.1 Å². The van der Waals surface area contributed by atoms with Crippen LogP contribution in [0.5, 0.6) is 11.5 Å². The summed E-state index contributed by atoms with van der Waals surface area (Å²) in [5, 5.41) is 5.36. The summed E-state index contributed by atoms with van der Waals surface area (Å²) in [5.74, 6) is 0.831. The number of halogens is 1. The van der Waals surface area contributed by atoms with Gasteiger partial charge in [0.25, 0.3) is 5.91 Å². The third-order valence-corrected chi connectivity index (χ3v) is 4.09. The van der Waals surface area contributed by atoms with Gasteiger partial charge >= 0.3 is 0 Å². The van der Waals surface area contributed by atoms with Crippen molar-refractivity contribution in [2.45, 2.75) is 6.54 Å². The fourth-order valence-electron chi connectivity index (χ4n) is 2.35. The van der Waals surface area contributed by atoms with Gasteiger partial charge in [-0.3, -0.25) is 9.59 Å². The van der Waals surface area contributed by atoms with Crippen LogP contribution in [0.3, 0.4) is 0 Å². The van der Waals surface area contributed by atoms with E-state index in [4.69, 9.17) is 9.47 Å². The molecule has 0 radical (unpaired) electrons. The molecule has 130 valence electrons. The predicted molar refractivity (Wildman–Crippen MR) is 95.8 cm³/mol. The van der Waals surface area contributed by atoms with Crippen molar-refractivity contribution in [3.63, 3.8) is 0 Å². The number of hydrogen-bond donors (Lipinski definition) is 2. The van der Waals surface area contributed by atoms with Crippen LogP contribution in [0, 0.1) is 0 Å². The number of fused-ring (bicyclic) bond motifs is 1. The summed E-state index contributed by atoms with van der Waals surface area (Å²) >= 11 is 3.31. The van der Waals surface area contributed by atoms with Gasteiger partial charge in [0.15, 0.2) is 11.5 Å². The van der Waals surface area contributed by atoms with Crippen LogP contribution < -0.4 is 20.1 Å². The van der Waals surface area contributed by atoms with Gasteiger partial charge < -0.3 is 20.1 Å². The number of rotatable bonds is 5. The molecule has 1 aliphatic heterocycles. The summed E-state index contributed by atoms with van der Waals surface area (Å²) in [6, 6.07) is 12.5. The minimum Gasteiger partial charge on any atom is -0.486 e. The highest BCUT2D eigenvalue weighted by Gasteiger charge is 2.12. The molecule has 2 N–H and O–H groups in total. The number of nitrogens with one attached hydrogen (secondary N) is 2. The summed E-state index contributed by atoms with van der Waals surface area (Å²) in [5.41, 5.74) is 1.39. The molecule has 2 amide bonds. The van der Waals surface area contributed by atoms with Gasteiger partial charge in [0.05, 0.1) is 6.54 Å². The van der Waals surface area contributed by atoms with Gasteiger partial charge in [0.1, 0.15) is 13.2 Å². The Morgan fingerprint density at radius 1 is 1.00 bits per heavy atom. The number of amides is 2. The van der Waals surface area contributed by atoms with Crippen LogP contribution in [-0.2, 0) is 11.3 Å². The molecule has 6 nitrogen and oxygen atoms in total. The van der Waals surface area contributed by atoms with Crippen molar-refractivity contribution in [1.29, 1.82) is 0 Å². The highest BCUT2D eigenvalue weighted by molar-refractivity contribution is 9.10. The molecule has 0 aliphatic carbocycles. The third kappa shape index (κ3) is 4.73. The lowest BCUT2D eigenvalue weighted by molar-refractivity contribution is -0.120. The highest BCUT2D eigenvalue weighted by Crippen LogP contribution is 2.30. The minimum atomic E-state index is -0.296. The number of carbonyl (C=O) groups excluding carboxylic acids is 2. The second-order valence-corrected chi connectivity index (χ2v) is 6.36. The smallest absolute Gasteiger partial charge is 0.251 e. The number of ether oxygens (including phenoxy) is 2. The third-order valence-electron chi connectivity index (χ3n) is 3.59. The molecule has 25 heavy (non-hydrogen) atoms. The molecule has 1 aliphatic rings. The van der Waals surface area contributed by atoms with Gasteiger partial charge in [-0.2, -0.15) is 0 Å². The Morgan fingerprint density at radius 3 is 2.60 bits per heavy atom. The second kappa shape index (κ2) is 8.02. The summed E-state index contributed by atoms with van der Waals surface area (Å²) in [6.07, 6.45) is 0. The summed E-state index contributed by atoms with van der Waals surface area (Å²) in [4.78, 5) is 23.9. The average Bonchev–Trinajstić information content (AvgIpc) is 2.64. The molecule has 2 aromatic rings. The Balaban J connectivity index is 1.47. The van der Waals surface area contributed by atoms with E-state index in [1.54, 1.807) is 18.2 Å².